The van der Waals surface area contributed by atoms with Crippen LogP contribution in [0, 0.1) is 23.0 Å². The van der Waals surface area contributed by atoms with Crippen LogP contribution in [-0.4, -0.2) is 51.4 Å². The Morgan fingerprint density at radius 3 is 2.74 bits per heavy atom. The first kappa shape index (κ1) is 19.0. The van der Waals surface area contributed by atoms with Crippen molar-refractivity contribution in [3.8, 4) is 0 Å². The van der Waals surface area contributed by atoms with Crippen molar-refractivity contribution < 1.29 is 19.6 Å². The molecule has 9 heteroatoms. The van der Waals surface area contributed by atoms with Crippen LogP contribution in [0.25, 0.3) is 0 Å². The van der Waals surface area contributed by atoms with Gasteiger partial charge in [0.15, 0.2) is 0 Å². The molecule has 1 heterocycles. The van der Waals surface area contributed by atoms with E-state index in [4.69, 9.17) is 4.74 Å². The Bertz CT molecular complexity index is 543. The van der Waals surface area contributed by atoms with Crippen molar-refractivity contribution in [2.75, 3.05) is 13.7 Å². The molecule has 130 valence electrons. The Balaban J connectivity index is 2.65. The topological polar surface area (TPSA) is 120 Å². The number of nitro groups is 1. The van der Waals surface area contributed by atoms with Crippen molar-refractivity contribution in [3.63, 3.8) is 0 Å². The van der Waals surface area contributed by atoms with Gasteiger partial charge in [-0.1, -0.05) is 18.8 Å². The molecule has 0 amide bonds. The fourth-order valence-electron chi connectivity index (χ4n) is 2.25. The summed E-state index contributed by atoms with van der Waals surface area (Å²) in [6.07, 6.45) is 1.05. The molecular weight excluding hydrogens is 304 g/mol. The van der Waals surface area contributed by atoms with Gasteiger partial charge in [0, 0.05) is 6.54 Å². The molecule has 0 aliphatic rings. The predicted octanol–water partition coefficient (Wildman–Crippen LogP) is 0.638. The fourth-order valence-corrected chi connectivity index (χ4v) is 2.25. The maximum atomic E-state index is 11.7. The smallest absolute Gasteiger partial charge is 0.434 e. The molecule has 2 atom stereocenters. The van der Waals surface area contributed by atoms with Crippen molar-refractivity contribution in [1.29, 1.82) is 0 Å². The number of rotatable bonds is 9. The number of imidazole rings is 1. The summed E-state index contributed by atoms with van der Waals surface area (Å²) in [7, 11) is 1.31. The number of esters is 1. The summed E-state index contributed by atoms with van der Waals surface area (Å²) in [5.41, 5.74) is 0.586. The molecule has 0 radical (unpaired) electrons. The number of aromatic nitrogens is 2. The highest BCUT2D eigenvalue weighted by Crippen LogP contribution is 2.13. The van der Waals surface area contributed by atoms with Gasteiger partial charge in [-0.3, -0.25) is 4.79 Å². The van der Waals surface area contributed by atoms with Gasteiger partial charge in [-0.25, -0.2) is 4.57 Å². The number of carbonyl (C=O) groups excluding carboxylic acids is 1. The molecule has 0 bridgehead atoms. The van der Waals surface area contributed by atoms with Crippen LogP contribution in [0.4, 0.5) is 5.95 Å². The third-order valence-corrected chi connectivity index (χ3v) is 3.38. The number of hydrogen-bond donors (Lipinski definition) is 2. The van der Waals surface area contributed by atoms with Crippen molar-refractivity contribution in [2.45, 2.75) is 45.9 Å². The number of nitrogens with one attached hydrogen (secondary N) is 1. The van der Waals surface area contributed by atoms with E-state index in [-0.39, 0.29) is 25.0 Å². The van der Waals surface area contributed by atoms with Crippen LogP contribution in [0.3, 0.4) is 0 Å². The number of ether oxygens (including phenoxy) is 1. The zero-order chi connectivity index (χ0) is 17.6. The van der Waals surface area contributed by atoms with Gasteiger partial charge in [0.25, 0.3) is 0 Å². The van der Waals surface area contributed by atoms with Crippen LogP contribution in [0.5, 0.6) is 0 Å². The molecule has 0 aliphatic carbocycles. The van der Waals surface area contributed by atoms with Crippen molar-refractivity contribution >= 4 is 11.9 Å². The lowest BCUT2D eigenvalue weighted by Crippen LogP contribution is -2.43. The van der Waals surface area contributed by atoms with E-state index in [1.165, 1.54) is 17.9 Å². The van der Waals surface area contributed by atoms with E-state index in [9.17, 15) is 20.0 Å². The number of hydrogen-bond acceptors (Lipinski definition) is 7. The number of carbonyl (C=O) groups is 1. The fraction of sp³-hybridized carbons (Fsp3) is 0.714. The van der Waals surface area contributed by atoms with E-state index >= 15 is 0 Å². The first-order valence-electron chi connectivity index (χ1n) is 7.42. The van der Waals surface area contributed by atoms with Gasteiger partial charge in [0.2, 0.25) is 0 Å². The lowest BCUT2D eigenvalue weighted by atomic mass is 10.0. The zero-order valence-electron chi connectivity index (χ0n) is 13.9. The molecule has 0 saturated heterocycles. The Labute approximate surface area is 134 Å². The van der Waals surface area contributed by atoms with Gasteiger partial charge in [-0.05, 0) is 24.2 Å². The third kappa shape index (κ3) is 5.61. The SMILES string of the molecule is COC(=O)C(CC(C)C)NCC(O)Cn1c(C)cnc1[N+](=O)[O-]. The standard InChI is InChI=1S/C14H24N4O5/c1-9(2)5-12(13(20)23-4)15-7-11(19)8-17-10(3)6-16-14(17)18(21)22/h6,9,11-12,15,19H,5,7-8H2,1-4H3. The highest BCUT2D eigenvalue weighted by Gasteiger charge is 2.24. The van der Waals surface area contributed by atoms with Crippen LogP contribution in [0.2, 0.25) is 0 Å². The van der Waals surface area contributed by atoms with E-state index in [1.54, 1.807) is 6.92 Å². The van der Waals surface area contributed by atoms with Gasteiger partial charge in [-0.2, -0.15) is 0 Å². The molecule has 23 heavy (non-hydrogen) atoms. The molecule has 0 saturated carbocycles. The molecule has 9 nitrogen and oxygen atoms in total. The van der Waals surface area contributed by atoms with E-state index in [0.717, 1.165) is 0 Å². The average molecular weight is 328 g/mol. The molecule has 2 N–H and O–H groups in total. The minimum atomic E-state index is -0.902. The Kier molecular flexibility index (Phi) is 7.11. The number of aliphatic hydroxyl groups excluding tert-OH is 1. The summed E-state index contributed by atoms with van der Waals surface area (Å²) in [4.78, 5) is 25.7. The Morgan fingerprint density at radius 2 is 2.22 bits per heavy atom. The second kappa shape index (κ2) is 8.59. The van der Waals surface area contributed by atoms with Crippen molar-refractivity contribution in [3.05, 3.63) is 22.0 Å². The summed E-state index contributed by atoms with van der Waals surface area (Å²) < 4.78 is 6.07. The molecule has 0 fully saturated rings. The average Bonchev–Trinajstić information content (AvgIpc) is 2.83. The first-order valence-corrected chi connectivity index (χ1v) is 7.42. The summed E-state index contributed by atoms with van der Waals surface area (Å²) in [6.45, 7) is 5.76. The summed E-state index contributed by atoms with van der Waals surface area (Å²) in [5.74, 6) is -0.426. The Hall–Kier alpha value is -2.00. The molecule has 2 unspecified atom stereocenters. The van der Waals surface area contributed by atoms with Gasteiger partial charge < -0.3 is 25.3 Å². The Morgan fingerprint density at radius 1 is 1.57 bits per heavy atom. The number of methoxy groups -OCH3 is 1. The van der Waals surface area contributed by atoms with Crippen LogP contribution in [0.1, 0.15) is 26.0 Å². The molecule has 0 aromatic carbocycles. The van der Waals surface area contributed by atoms with Crippen LogP contribution >= 0.6 is 0 Å². The van der Waals surface area contributed by atoms with Gasteiger partial charge in [-0.15, -0.1) is 0 Å². The molecule has 0 spiro atoms. The lowest BCUT2D eigenvalue weighted by Gasteiger charge is -2.20. The van der Waals surface area contributed by atoms with Crippen LogP contribution in [0.15, 0.2) is 6.20 Å². The third-order valence-electron chi connectivity index (χ3n) is 3.38. The van der Waals surface area contributed by atoms with Gasteiger partial charge in [0.05, 0.1) is 19.8 Å². The van der Waals surface area contributed by atoms with Gasteiger partial charge >= 0.3 is 11.9 Å². The summed E-state index contributed by atoms with van der Waals surface area (Å²) in [5, 5.41) is 24.0. The summed E-state index contributed by atoms with van der Waals surface area (Å²) in [6, 6.07) is -0.520. The maximum absolute atomic E-state index is 11.7. The van der Waals surface area contributed by atoms with Crippen molar-refractivity contribution in [1.82, 2.24) is 14.9 Å². The minimum Gasteiger partial charge on any atom is -0.468 e. The second-order valence-corrected chi connectivity index (χ2v) is 5.83. The van der Waals surface area contributed by atoms with E-state index in [0.29, 0.717) is 12.1 Å². The summed E-state index contributed by atoms with van der Waals surface area (Å²) >= 11 is 0. The van der Waals surface area contributed by atoms with Crippen LogP contribution in [-0.2, 0) is 16.1 Å². The van der Waals surface area contributed by atoms with Crippen LogP contribution < -0.4 is 5.32 Å². The number of aryl methyl sites for hydroxylation is 1. The highest BCUT2D eigenvalue weighted by atomic mass is 16.6. The van der Waals surface area contributed by atoms with E-state index < -0.39 is 23.0 Å². The maximum Gasteiger partial charge on any atom is 0.434 e. The molecule has 1 rings (SSSR count). The predicted molar refractivity (Wildman–Crippen MR) is 82.9 cm³/mol. The molecular formula is C14H24N4O5. The molecule has 1 aromatic heterocycles. The first-order chi connectivity index (χ1) is 10.8. The normalized spacial score (nSPS) is 13.8. The minimum absolute atomic E-state index is 0.0186. The molecule has 1 aromatic rings. The number of aliphatic hydroxyl groups is 1. The monoisotopic (exact) mass is 328 g/mol. The van der Waals surface area contributed by atoms with Gasteiger partial charge in [0.1, 0.15) is 17.9 Å². The lowest BCUT2D eigenvalue weighted by molar-refractivity contribution is -0.397. The zero-order valence-corrected chi connectivity index (χ0v) is 13.9. The largest absolute Gasteiger partial charge is 0.468 e. The number of nitrogens with zero attached hydrogens (tertiary/aromatic N) is 3. The van der Waals surface area contributed by atoms with Crippen molar-refractivity contribution in [2.24, 2.45) is 5.92 Å². The second-order valence-electron chi connectivity index (χ2n) is 5.83. The van der Waals surface area contributed by atoms with E-state index in [1.807, 2.05) is 13.8 Å². The van der Waals surface area contributed by atoms with E-state index in [2.05, 4.69) is 10.3 Å². The quantitative estimate of drug-likeness (QED) is 0.388. The molecule has 0 aliphatic heterocycles. The highest BCUT2D eigenvalue weighted by molar-refractivity contribution is 5.75.